The first-order valence-corrected chi connectivity index (χ1v) is 8.02. The Hall–Kier alpha value is -1.89. The van der Waals surface area contributed by atoms with Crippen LogP contribution in [0.5, 0.6) is 0 Å². The molecule has 3 heterocycles. The maximum absolute atomic E-state index is 11.5. The number of aromatic nitrogens is 4. The molecule has 0 aliphatic carbocycles. The van der Waals surface area contributed by atoms with Crippen LogP contribution < -0.4 is 0 Å². The first kappa shape index (κ1) is 17.5. The first-order valence-electron chi connectivity index (χ1n) is 7.64. The van der Waals surface area contributed by atoms with E-state index in [9.17, 15) is 4.79 Å². The number of halogens is 1. The molecule has 23 heavy (non-hydrogen) atoms. The molecule has 0 bridgehead atoms. The Kier molecular flexibility index (Phi) is 5.76. The van der Waals surface area contributed by atoms with Crippen LogP contribution >= 0.6 is 11.6 Å². The van der Waals surface area contributed by atoms with Crippen molar-refractivity contribution in [3.63, 3.8) is 0 Å². The molecule has 126 valence electrons. The maximum atomic E-state index is 11.5. The van der Waals surface area contributed by atoms with E-state index in [1.54, 1.807) is 11.1 Å². The number of aromatic amines is 1. The fourth-order valence-corrected chi connectivity index (χ4v) is 2.33. The molecule has 1 fully saturated rings. The minimum atomic E-state index is -0.367. The van der Waals surface area contributed by atoms with Crippen LogP contribution in [0.1, 0.15) is 40.0 Å². The van der Waals surface area contributed by atoms with Crippen LogP contribution in [0, 0.1) is 0 Å². The number of fused-ring (bicyclic) bond motifs is 1. The number of nitrogens with zero attached hydrogens (tertiary/aromatic N) is 4. The van der Waals surface area contributed by atoms with Gasteiger partial charge in [0.2, 0.25) is 0 Å². The average Bonchev–Trinajstić information content (AvgIpc) is 2.89. The fraction of sp³-hybridized carbons (Fsp3) is 0.600. The largest absolute Gasteiger partial charge is 0.444 e. The average molecular weight is 340 g/mol. The highest BCUT2D eigenvalue weighted by atomic mass is 35.5. The molecule has 7 nitrogen and oxygen atoms in total. The minimum absolute atomic E-state index is 0.160. The number of nitrogens with one attached hydrogen (secondary N) is 1. The quantitative estimate of drug-likeness (QED) is 0.795. The van der Waals surface area contributed by atoms with Gasteiger partial charge in [-0.2, -0.15) is 5.10 Å². The monoisotopic (exact) mass is 339 g/mol. The Labute approximate surface area is 140 Å². The van der Waals surface area contributed by atoms with Gasteiger partial charge in [0.15, 0.2) is 5.15 Å². The van der Waals surface area contributed by atoms with Crippen LogP contribution in [-0.4, -0.2) is 49.8 Å². The lowest BCUT2D eigenvalue weighted by Crippen LogP contribution is -2.39. The summed E-state index contributed by atoms with van der Waals surface area (Å²) in [5.74, 6) is 0. The second-order valence-electron chi connectivity index (χ2n) is 6.33. The van der Waals surface area contributed by atoms with E-state index in [2.05, 4.69) is 20.2 Å². The molecule has 0 radical (unpaired) electrons. The normalized spacial score (nSPS) is 15.0. The van der Waals surface area contributed by atoms with E-state index in [4.69, 9.17) is 16.3 Å². The molecular weight excluding hydrogens is 318 g/mol. The minimum Gasteiger partial charge on any atom is -0.444 e. The number of H-pyrrole nitrogens is 1. The highest BCUT2D eigenvalue weighted by Crippen LogP contribution is 2.15. The number of carbonyl (C=O) groups excluding carboxylic acids is 1. The lowest BCUT2D eigenvalue weighted by Gasteiger charge is -2.29. The molecule has 1 N–H and O–H groups in total. The molecule has 3 rings (SSSR count). The van der Waals surface area contributed by atoms with Crippen LogP contribution in [0.4, 0.5) is 4.79 Å². The van der Waals surface area contributed by atoms with E-state index in [0.29, 0.717) is 10.7 Å². The number of rotatable bonds is 0. The topological polar surface area (TPSA) is 84.0 Å². The van der Waals surface area contributed by atoms with Gasteiger partial charge in [0.05, 0.1) is 6.20 Å². The highest BCUT2D eigenvalue weighted by Gasteiger charge is 2.22. The summed E-state index contributed by atoms with van der Waals surface area (Å²) in [4.78, 5) is 21.0. The van der Waals surface area contributed by atoms with Crippen LogP contribution in [0.3, 0.4) is 0 Å². The summed E-state index contributed by atoms with van der Waals surface area (Å²) in [5, 5.41) is 6.80. The number of likely N-dealkylation sites (tertiary alicyclic amines) is 1. The summed E-state index contributed by atoms with van der Waals surface area (Å²) in [5.41, 5.74) is 1.05. The van der Waals surface area contributed by atoms with Gasteiger partial charge in [-0.25, -0.2) is 14.8 Å². The van der Waals surface area contributed by atoms with Gasteiger partial charge in [-0.15, -0.1) is 0 Å². The zero-order valence-electron chi connectivity index (χ0n) is 13.7. The Morgan fingerprint density at radius 1 is 1.30 bits per heavy atom. The number of carbonyl (C=O) groups is 1. The van der Waals surface area contributed by atoms with Crippen LogP contribution in [0.25, 0.3) is 11.0 Å². The third kappa shape index (κ3) is 5.35. The smallest absolute Gasteiger partial charge is 0.410 e. The fourth-order valence-electron chi connectivity index (χ4n) is 2.14. The van der Waals surface area contributed by atoms with Crippen molar-refractivity contribution in [2.75, 3.05) is 13.1 Å². The number of amides is 1. The lowest BCUT2D eigenvalue weighted by atomic mass is 10.1. The second kappa shape index (κ2) is 7.59. The Morgan fingerprint density at radius 2 is 2.00 bits per heavy atom. The third-order valence-electron chi connectivity index (χ3n) is 3.19. The van der Waals surface area contributed by atoms with Gasteiger partial charge in [0.25, 0.3) is 0 Å². The summed E-state index contributed by atoms with van der Waals surface area (Å²) >= 11 is 5.64. The summed E-state index contributed by atoms with van der Waals surface area (Å²) in [6.07, 6.45) is 6.36. The molecule has 2 aromatic heterocycles. The molecule has 1 aliphatic heterocycles. The van der Waals surface area contributed by atoms with Gasteiger partial charge in [-0.1, -0.05) is 11.6 Å². The van der Waals surface area contributed by atoms with Crippen molar-refractivity contribution in [1.82, 2.24) is 25.1 Å². The number of piperidine rings is 1. The van der Waals surface area contributed by atoms with E-state index in [1.165, 1.54) is 12.7 Å². The molecule has 0 unspecified atom stereocenters. The molecule has 0 spiro atoms. The van der Waals surface area contributed by atoms with Gasteiger partial charge in [-0.05, 0) is 40.0 Å². The predicted octanol–water partition coefficient (Wildman–Crippen LogP) is 3.41. The molecule has 1 amide bonds. The van der Waals surface area contributed by atoms with Gasteiger partial charge in [0.1, 0.15) is 23.0 Å². The second-order valence-corrected chi connectivity index (χ2v) is 6.69. The predicted molar refractivity (Wildman–Crippen MR) is 88.4 cm³/mol. The summed E-state index contributed by atoms with van der Waals surface area (Å²) in [7, 11) is 0. The first-order chi connectivity index (χ1) is 10.9. The van der Waals surface area contributed by atoms with Crippen molar-refractivity contribution in [2.24, 2.45) is 0 Å². The van der Waals surface area contributed by atoms with Crippen LogP contribution in [-0.2, 0) is 4.74 Å². The van der Waals surface area contributed by atoms with E-state index < -0.39 is 0 Å². The standard InChI is InChI=1S/C10H19NO2.C5H3ClN4/c1-10(2,3)13-9(12)11-7-5-4-6-8-11;6-5-4-3(9-10-5)1-7-2-8-4/h4-8H2,1-3H3;1-2H,(H,9,10). The summed E-state index contributed by atoms with van der Waals surface area (Å²) in [6.45, 7) is 7.41. The molecule has 8 heteroatoms. The SMILES string of the molecule is CC(C)(C)OC(=O)N1CCCCC1.Clc1n[nH]c2cncnc12. The summed E-state index contributed by atoms with van der Waals surface area (Å²) < 4.78 is 5.26. The Balaban J connectivity index is 0.000000172. The molecule has 2 aromatic rings. The van der Waals surface area contributed by atoms with Crippen molar-refractivity contribution in [1.29, 1.82) is 0 Å². The number of hydrogen-bond donors (Lipinski definition) is 1. The Bertz CT molecular complexity index is 647. The zero-order valence-corrected chi connectivity index (χ0v) is 14.4. The van der Waals surface area contributed by atoms with E-state index in [0.717, 1.165) is 31.4 Å². The number of hydrogen-bond acceptors (Lipinski definition) is 5. The van der Waals surface area contributed by atoms with Gasteiger partial charge >= 0.3 is 6.09 Å². The zero-order chi connectivity index (χ0) is 16.9. The lowest BCUT2D eigenvalue weighted by molar-refractivity contribution is 0.0216. The van der Waals surface area contributed by atoms with E-state index in [1.807, 2.05) is 20.8 Å². The van der Waals surface area contributed by atoms with E-state index >= 15 is 0 Å². The molecule has 0 aromatic carbocycles. The molecule has 0 saturated carbocycles. The van der Waals surface area contributed by atoms with E-state index in [-0.39, 0.29) is 11.7 Å². The molecule has 1 saturated heterocycles. The van der Waals surface area contributed by atoms with Crippen LogP contribution in [0.2, 0.25) is 5.15 Å². The van der Waals surface area contributed by atoms with Crippen molar-refractivity contribution >= 4 is 28.7 Å². The van der Waals surface area contributed by atoms with Gasteiger partial charge in [0, 0.05) is 13.1 Å². The molecule has 1 aliphatic rings. The summed E-state index contributed by atoms with van der Waals surface area (Å²) in [6, 6.07) is 0. The van der Waals surface area contributed by atoms with Crippen molar-refractivity contribution in [3.05, 3.63) is 17.7 Å². The number of ether oxygens (including phenoxy) is 1. The van der Waals surface area contributed by atoms with Crippen molar-refractivity contribution < 1.29 is 9.53 Å². The highest BCUT2D eigenvalue weighted by molar-refractivity contribution is 6.33. The third-order valence-corrected chi connectivity index (χ3v) is 3.45. The van der Waals surface area contributed by atoms with Gasteiger partial charge in [-0.3, -0.25) is 5.10 Å². The van der Waals surface area contributed by atoms with Crippen molar-refractivity contribution in [2.45, 2.75) is 45.6 Å². The molecule has 0 atom stereocenters. The van der Waals surface area contributed by atoms with Crippen LogP contribution in [0.15, 0.2) is 12.5 Å². The van der Waals surface area contributed by atoms with Gasteiger partial charge < -0.3 is 9.64 Å². The maximum Gasteiger partial charge on any atom is 0.410 e. The molecular formula is C15H22ClN5O2. The van der Waals surface area contributed by atoms with Crippen molar-refractivity contribution in [3.8, 4) is 0 Å². The Morgan fingerprint density at radius 3 is 2.61 bits per heavy atom.